The highest BCUT2D eigenvalue weighted by Gasteiger charge is 2.35. The molecule has 6 rings (SSSR count). The molecule has 1 aliphatic heterocycles. The van der Waals surface area contributed by atoms with Crippen molar-refractivity contribution in [2.24, 2.45) is 5.92 Å². The third-order valence-corrected chi connectivity index (χ3v) is 9.45. The average Bonchev–Trinajstić information content (AvgIpc) is 3.64. The van der Waals surface area contributed by atoms with Crippen LogP contribution in [0.1, 0.15) is 61.5 Å². The number of amides is 1. The predicted molar refractivity (Wildman–Crippen MR) is 166 cm³/mol. The zero-order valence-corrected chi connectivity index (χ0v) is 25.1. The lowest BCUT2D eigenvalue weighted by Crippen LogP contribution is -2.47. The van der Waals surface area contributed by atoms with Gasteiger partial charge in [-0.2, -0.15) is 0 Å². The number of nitrogens with one attached hydrogen (secondary N) is 2. The lowest BCUT2D eigenvalue weighted by molar-refractivity contribution is -0.0272. The summed E-state index contributed by atoms with van der Waals surface area (Å²) < 4.78 is 17.2. The van der Waals surface area contributed by atoms with Crippen LogP contribution in [0.4, 0.5) is 0 Å². The highest BCUT2D eigenvalue weighted by Crippen LogP contribution is 2.33. The summed E-state index contributed by atoms with van der Waals surface area (Å²) in [5, 5.41) is 26.3. The fourth-order valence-electron chi connectivity index (χ4n) is 6.63. The van der Waals surface area contributed by atoms with E-state index in [4.69, 9.17) is 13.9 Å². The van der Waals surface area contributed by atoms with Crippen molar-refractivity contribution < 1.29 is 28.9 Å². The molecule has 2 fully saturated rings. The fourth-order valence-corrected chi connectivity index (χ4v) is 6.63. The Hall–Kier alpha value is -3.53. The Morgan fingerprint density at radius 2 is 2.00 bits per heavy atom. The summed E-state index contributed by atoms with van der Waals surface area (Å²) in [6.07, 6.45) is 6.61. The number of methoxy groups -OCH3 is 1. The molecule has 2 aliphatic rings. The number of benzene rings is 2. The zero-order valence-electron chi connectivity index (χ0n) is 25.1. The Kier molecular flexibility index (Phi) is 8.66. The van der Waals surface area contributed by atoms with Gasteiger partial charge in [-0.3, -0.25) is 4.79 Å². The highest BCUT2D eigenvalue weighted by atomic mass is 16.5. The van der Waals surface area contributed by atoms with E-state index in [-0.39, 0.29) is 24.0 Å². The number of fused-ring (bicyclic) bond motifs is 2. The van der Waals surface area contributed by atoms with E-state index < -0.39 is 5.60 Å². The summed E-state index contributed by atoms with van der Waals surface area (Å²) in [5.41, 5.74) is 2.51. The minimum Gasteiger partial charge on any atom is -0.497 e. The van der Waals surface area contributed by atoms with Crippen molar-refractivity contribution in [1.29, 1.82) is 0 Å². The van der Waals surface area contributed by atoms with Crippen LogP contribution in [0.15, 0.2) is 53.1 Å². The molecule has 4 aromatic rings. The molecule has 1 saturated heterocycles. The van der Waals surface area contributed by atoms with E-state index in [0.717, 1.165) is 84.3 Å². The maximum atomic E-state index is 13.2. The smallest absolute Gasteiger partial charge is 0.267 e. The normalized spacial score (nSPS) is 24.8. The first-order valence-corrected chi connectivity index (χ1v) is 15.5. The summed E-state index contributed by atoms with van der Waals surface area (Å²) >= 11 is 0. The van der Waals surface area contributed by atoms with Crippen molar-refractivity contribution in [3.05, 3.63) is 60.0 Å². The van der Waals surface area contributed by atoms with E-state index in [1.54, 1.807) is 13.4 Å². The van der Waals surface area contributed by atoms with Crippen molar-refractivity contribution >= 4 is 27.8 Å². The molecule has 3 heterocycles. The number of rotatable bonds is 10. The second kappa shape index (κ2) is 12.6. The maximum absolute atomic E-state index is 13.2. The van der Waals surface area contributed by atoms with Crippen LogP contribution in [0.2, 0.25) is 0 Å². The Bertz CT molecular complexity index is 1550. The first-order chi connectivity index (χ1) is 20.8. The predicted octanol–water partition coefficient (Wildman–Crippen LogP) is 5.04. The molecule has 1 amide bonds. The molecule has 9 heteroatoms. The van der Waals surface area contributed by atoms with Crippen LogP contribution in [-0.2, 0) is 6.42 Å². The number of hydrogen-bond donors (Lipinski definition) is 4. The maximum Gasteiger partial charge on any atom is 0.267 e. The number of furan rings is 1. The monoisotopic (exact) mass is 589 g/mol. The van der Waals surface area contributed by atoms with Gasteiger partial charge in [-0.1, -0.05) is 13.0 Å². The van der Waals surface area contributed by atoms with Crippen LogP contribution >= 0.6 is 0 Å². The largest absolute Gasteiger partial charge is 0.497 e. The molecular formula is C34H43N3O6. The molecule has 0 unspecified atom stereocenters. The SMILES string of the molecule is COc1ccc2c(CCOc3cccc4[nH]c(C(=O)NC5CCC(O)(CCN6CC[C@H](O)[C@@H](C)C6)CC5)cc34)coc2c1. The first kappa shape index (κ1) is 29.5. The molecule has 0 spiro atoms. The number of carbonyl (C=O) groups is 1. The number of aliphatic hydroxyl groups excluding tert-OH is 1. The minimum absolute atomic E-state index is 0.0322. The molecule has 9 nitrogen and oxygen atoms in total. The molecule has 1 saturated carbocycles. The molecule has 0 bridgehead atoms. The third kappa shape index (κ3) is 6.69. The van der Waals surface area contributed by atoms with Gasteiger partial charge in [-0.05, 0) is 74.8 Å². The van der Waals surface area contributed by atoms with Gasteiger partial charge in [-0.15, -0.1) is 0 Å². The van der Waals surface area contributed by atoms with Crippen LogP contribution in [0.5, 0.6) is 11.5 Å². The summed E-state index contributed by atoms with van der Waals surface area (Å²) in [6.45, 7) is 5.16. The van der Waals surface area contributed by atoms with E-state index in [2.05, 4.69) is 22.1 Å². The van der Waals surface area contributed by atoms with E-state index >= 15 is 0 Å². The van der Waals surface area contributed by atoms with E-state index in [1.165, 1.54) is 0 Å². The molecule has 1 aliphatic carbocycles. The lowest BCUT2D eigenvalue weighted by atomic mass is 9.80. The highest BCUT2D eigenvalue weighted by molar-refractivity contribution is 5.99. The molecule has 2 atom stereocenters. The number of hydrogen-bond acceptors (Lipinski definition) is 7. The number of ether oxygens (including phenoxy) is 2. The number of aromatic amines is 1. The number of aromatic nitrogens is 1. The third-order valence-electron chi connectivity index (χ3n) is 9.45. The van der Waals surface area contributed by atoms with Crippen molar-refractivity contribution in [1.82, 2.24) is 15.2 Å². The number of carbonyl (C=O) groups excluding carboxylic acids is 1. The van der Waals surface area contributed by atoms with Crippen LogP contribution in [0, 0.1) is 5.92 Å². The van der Waals surface area contributed by atoms with Gasteiger partial charge in [0.05, 0.1) is 31.7 Å². The minimum atomic E-state index is -0.691. The molecule has 0 radical (unpaired) electrons. The van der Waals surface area contributed by atoms with Crippen molar-refractivity contribution in [3.63, 3.8) is 0 Å². The Balaban J connectivity index is 1.01. The number of H-pyrrole nitrogens is 1. The number of nitrogens with zero attached hydrogens (tertiary/aromatic N) is 1. The van der Waals surface area contributed by atoms with Crippen LogP contribution in [0.3, 0.4) is 0 Å². The first-order valence-electron chi connectivity index (χ1n) is 15.5. The van der Waals surface area contributed by atoms with Gasteiger partial charge in [-0.25, -0.2) is 0 Å². The Labute approximate surface area is 252 Å². The van der Waals surface area contributed by atoms with Crippen LogP contribution in [0.25, 0.3) is 21.9 Å². The lowest BCUT2D eigenvalue weighted by Gasteiger charge is -2.39. The van der Waals surface area contributed by atoms with Crippen LogP contribution in [-0.4, -0.2) is 77.1 Å². The summed E-state index contributed by atoms with van der Waals surface area (Å²) in [6, 6.07) is 13.5. The van der Waals surface area contributed by atoms with Crippen molar-refractivity contribution in [2.45, 2.75) is 69.6 Å². The molecule has 2 aromatic carbocycles. The Morgan fingerprint density at radius 3 is 2.79 bits per heavy atom. The van der Waals surface area contributed by atoms with Gasteiger partial charge in [0.15, 0.2) is 0 Å². The topological polar surface area (TPSA) is 120 Å². The zero-order chi connectivity index (χ0) is 30.0. The fraction of sp³-hybridized carbons (Fsp3) is 0.500. The summed E-state index contributed by atoms with van der Waals surface area (Å²) in [7, 11) is 1.64. The summed E-state index contributed by atoms with van der Waals surface area (Å²) in [5.74, 6) is 1.62. The Morgan fingerprint density at radius 1 is 1.16 bits per heavy atom. The van der Waals surface area contributed by atoms with Gasteiger partial charge in [0.2, 0.25) is 0 Å². The summed E-state index contributed by atoms with van der Waals surface area (Å²) in [4.78, 5) is 18.8. The van der Waals surface area contributed by atoms with Gasteiger partial charge in [0.1, 0.15) is 22.8 Å². The number of aliphatic hydroxyl groups is 2. The van der Waals surface area contributed by atoms with E-state index in [1.807, 2.05) is 42.5 Å². The molecule has 230 valence electrons. The molecule has 43 heavy (non-hydrogen) atoms. The van der Waals surface area contributed by atoms with Crippen molar-refractivity contribution in [3.8, 4) is 11.5 Å². The van der Waals surface area contributed by atoms with E-state index in [9.17, 15) is 15.0 Å². The van der Waals surface area contributed by atoms with Crippen molar-refractivity contribution in [2.75, 3.05) is 33.4 Å². The molecular weight excluding hydrogens is 546 g/mol. The average molecular weight is 590 g/mol. The quantitative estimate of drug-likeness (QED) is 0.205. The second-order valence-electron chi connectivity index (χ2n) is 12.5. The van der Waals surface area contributed by atoms with E-state index in [0.29, 0.717) is 31.6 Å². The van der Waals surface area contributed by atoms with Gasteiger partial charge in [0.25, 0.3) is 5.91 Å². The van der Waals surface area contributed by atoms with Gasteiger partial charge < -0.3 is 39.3 Å². The molecule has 4 N–H and O–H groups in total. The second-order valence-corrected chi connectivity index (χ2v) is 12.5. The standard InChI is InChI=1S/C34H43N3O6/c1-22-20-37(15-10-30(22)38)16-14-34(40)12-8-24(9-13-34)35-33(39)29-19-27-28(36-29)4-3-5-31(27)42-17-11-23-21-43-32-18-25(41-2)6-7-26(23)32/h3-7,18-19,21-22,24,30,36,38,40H,8-17,20H2,1-2H3,(H,35,39)/t22-,24?,30-,34?/m0/s1. The van der Waals surface area contributed by atoms with Gasteiger partial charge in [0, 0.05) is 60.0 Å². The number of likely N-dealkylation sites (tertiary alicyclic amines) is 1. The molecule has 2 aromatic heterocycles. The van der Waals surface area contributed by atoms with Crippen LogP contribution < -0.4 is 14.8 Å². The number of piperidine rings is 1. The van der Waals surface area contributed by atoms with Gasteiger partial charge >= 0.3 is 0 Å².